The minimum Gasteiger partial charge on any atom is -0.481 e. The molecule has 2 rings (SSSR count). The highest BCUT2D eigenvalue weighted by molar-refractivity contribution is 6.31. The Balaban J connectivity index is 1.75. The number of benzene rings is 1. The van der Waals surface area contributed by atoms with Gasteiger partial charge in [-0.1, -0.05) is 29.8 Å². The van der Waals surface area contributed by atoms with Gasteiger partial charge in [-0.2, -0.15) is 0 Å². The van der Waals surface area contributed by atoms with Gasteiger partial charge in [0.1, 0.15) is 0 Å². The molecule has 5 heteroatoms. The zero-order chi connectivity index (χ0) is 13.1. The molecule has 4 nitrogen and oxygen atoms in total. The summed E-state index contributed by atoms with van der Waals surface area (Å²) in [4.78, 5) is 22.2. The zero-order valence-electron chi connectivity index (χ0n) is 9.73. The first-order chi connectivity index (χ1) is 8.59. The Kier molecular flexibility index (Phi) is 3.87. The van der Waals surface area contributed by atoms with Gasteiger partial charge >= 0.3 is 5.97 Å². The Labute approximate surface area is 110 Å². The van der Waals surface area contributed by atoms with Gasteiger partial charge in [0, 0.05) is 11.6 Å². The smallest absolute Gasteiger partial charge is 0.307 e. The lowest BCUT2D eigenvalue weighted by atomic mass is 10.1. The second kappa shape index (κ2) is 5.40. The van der Waals surface area contributed by atoms with Gasteiger partial charge in [-0.3, -0.25) is 9.59 Å². The highest BCUT2D eigenvalue weighted by Crippen LogP contribution is 2.38. The maximum atomic E-state index is 11.6. The summed E-state index contributed by atoms with van der Waals surface area (Å²) in [6.45, 7) is 0.478. The Morgan fingerprint density at radius 2 is 2.06 bits per heavy atom. The van der Waals surface area contributed by atoms with Crippen LogP contribution in [0, 0.1) is 11.8 Å². The van der Waals surface area contributed by atoms with E-state index in [1.807, 2.05) is 18.2 Å². The Morgan fingerprint density at radius 3 is 2.67 bits per heavy atom. The molecule has 2 atom stereocenters. The lowest BCUT2D eigenvalue weighted by Gasteiger charge is -2.06. The molecule has 1 saturated carbocycles. The van der Waals surface area contributed by atoms with Crippen molar-refractivity contribution in [3.8, 4) is 0 Å². The molecule has 0 unspecified atom stereocenters. The van der Waals surface area contributed by atoms with Gasteiger partial charge in [0.25, 0.3) is 0 Å². The van der Waals surface area contributed by atoms with Crippen molar-refractivity contribution >= 4 is 23.5 Å². The molecular weight excluding hydrogens is 254 g/mol. The third kappa shape index (κ3) is 3.01. The van der Waals surface area contributed by atoms with Crippen LogP contribution in [-0.4, -0.2) is 23.5 Å². The Hall–Kier alpha value is -1.55. The van der Waals surface area contributed by atoms with Crippen molar-refractivity contribution in [3.63, 3.8) is 0 Å². The van der Waals surface area contributed by atoms with E-state index in [1.54, 1.807) is 6.07 Å². The number of hydrogen-bond donors (Lipinski definition) is 2. The van der Waals surface area contributed by atoms with Crippen molar-refractivity contribution in [3.05, 3.63) is 34.9 Å². The second-order valence-electron chi connectivity index (χ2n) is 4.42. The molecule has 1 aliphatic carbocycles. The fourth-order valence-electron chi connectivity index (χ4n) is 1.91. The molecule has 0 aromatic heterocycles. The van der Waals surface area contributed by atoms with Gasteiger partial charge in [0.15, 0.2) is 0 Å². The number of carbonyl (C=O) groups is 2. The summed E-state index contributed by atoms with van der Waals surface area (Å²) in [5.41, 5.74) is 0.977. The summed E-state index contributed by atoms with van der Waals surface area (Å²) in [7, 11) is 0. The van der Waals surface area contributed by atoms with E-state index in [2.05, 4.69) is 5.32 Å². The first-order valence-corrected chi connectivity index (χ1v) is 6.21. The van der Waals surface area contributed by atoms with Crippen LogP contribution in [0.15, 0.2) is 24.3 Å². The van der Waals surface area contributed by atoms with E-state index in [-0.39, 0.29) is 11.8 Å². The van der Waals surface area contributed by atoms with Crippen molar-refractivity contribution in [1.82, 2.24) is 5.32 Å². The third-order valence-corrected chi connectivity index (χ3v) is 3.46. The van der Waals surface area contributed by atoms with Gasteiger partial charge in [0.05, 0.1) is 11.8 Å². The summed E-state index contributed by atoms with van der Waals surface area (Å²) in [5, 5.41) is 12.1. The van der Waals surface area contributed by atoms with E-state index in [0.29, 0.717) is 24.4 Å². The van der Waals surface area contributed by atoms with Gasteiger partial charge in [0.2, 0.25) is 5.91 Å². The first-order valence-electron chi connectivity index (χ1n) is 5.83. The number of aliphatic carboxylic acids is 1. The van der Waals surface area contributed by atoms with Crippen LogP contribution in [0.3, 0.4) is 0 Å². The molecule has 0 bridgehead atoms. The average molecular weight is 268 g/mol. The topological polar surface area (TPSA) is 66.4 Å². The fourth-order valence-corrected chi connectivity index (χ4v) is 2.14. The Bertz CT molecular complexity index is 475. The van der Waals surface area contributed by atoms with Gasteiger partial charge in [-0.05, 0) is 24.5 Å². The molecule has 0 aliphatic heterocycles. The maximum Gasteiger partial charge on any atom is 0.307 e. The van der Waals surface area contributed by atoms with Gasteiger partial charge in [-0.25, -0.2) is 0 Å². The van der Waals surface area contributed by atoms with Crippen LogP contribution >= 0.6 is 11.6 Å². The van der Waals surface area contributed by atoms with Crippen LogP contribution in [0.2, 0.25) is 5.02 Å². The van der Waals surface area contributed by atoms with E-state index in [9.17, 15) is 9.59 Å². The van der Waals surface area contributed by atoms with Crippen LogP contribution in [0.1, 0.15) is 12.0 Å². The zero-order valence-corrected chi connectivity index (χ0v) is 10.5. The molecule has 0 spiro atoms. The molecule has 2 N–H and O–H groups in total. The Morgan fingerprint density at radius 1 is 1.33 bits per heavy atom. The van der Waals surface area contributed by atoms with Gasteiger partial charge in [-0.15, -0.1) is 0 Å². The summed E-state index contributed by atoms with van der Waals surface area (Å²) in [5.74, 6) is -1.91. The molecular formula is C13H14ClNO3. The molecule has 1 fully saturated rings. The number of amides is 1. The lowest BCUT2D eigenvalue weighted by Crippen LogP contribution is -2.28. The van der Waals surface area contributed by atoms with E-state index < -0.39 is 11.9 Å². The van der Waals surface area contributed by atoms with Crippen molar-refractivity contribution in [2.45, 2.75) is 12.8 Å². The monoisotopic (exact) mass is 267 g/mol. The first kappa shape index (κ1) is 12.9. The van der Waals surface area contributed by atoms with Crippen molar-refractivity contribution in [1.29, 1.82) is 0 Å². The highest BCUT2D eigenvalue weighted by Gasteiger charge is 2.48. The van der Waals surface area contributed by atoms with Crippen molar-refractivity contribution < 1.29 is 14.7 Å². The third-order valence-electron chi connectivity index (χ3n) is 3.10. The fraction of sp³-hybridized carbons (Fsp3) is 0.385. The largest absolute Gasteiger partial charge is 0.481 e. The number of hydrogen-bond acceptors (Lipinski definition) is 2. The van der Waals surface area contributed by atoms with E-state index in [1.165, 1.54) is 0 Å². The van der Waals surface area contributed by atoms with Crippen LogP contribution in [0.25, 0.3) is 0 Å². The second-order valence-corrected chi connectivity index (χ2v) is 4.83. The standard InChI is InChI=1S/C13H14ClNO3/c14-11-4-2-1-3-8(11)5-6-15-12(16)9-7-10(9)13(17)18/h1-4,9-10H,5-7H2,(H,15,16)(H,17,18)/t9-,10+/m1/s1. The van der Waals surface area contributed by atoms with E-state index in [4.69, 9.17) is 16.7 Å². The van der Waals surface area contributed by atoms with Crippen LogP contribution in [-0.2, 0) is 16.0 Å². The summed E-state index contributed by atoms with van der Waals surface area (Å²) < 4.78 is 0. The SMILES string of the molecule is O=C(O)[C@H]1C[C@H]1C(=O)NCCc1ccccc1Cl. The predicted octanol–water partition coefficient (Wildman–Crippen LogP) is 1.72. The highest BCUT2D eigenvalue weighted by atomic mass is 35.5. The number of nitrogens with one attached hydrogen (secondary N) is 1. The number of halogens is 1. The van der Waals surface area contributed by atoms with E-state index in [0.717, 1.165) is 5.56 Å². The van der Waals surface area contributed by atoms with Crippen LogP contribution in [0.5, 0.6) is 0 Å². The predicted molar refractivity (Wildman–Crippen MR) is 67.4 cm³/mol. The lowest BCUT2D eigenvalue weighted by molar-refractivity contribution is -0.140. The molecule has 1 aliphatic rings. The van der Waals surface area contributed by atoms with Crippen LogP contribution in [0.4, 0.5) is 0 Å². The normalized spacial score (nSPS) is 21.4. The minimum absolute atomic E-state index is 0.172. The van der Waals surface area contributed by atoms with Gasteiger partial charge < -0.3 is 10.4 Å². The minimum atomic E-state index is -0.888. The van der Waals surface area contributed by atoms with Crippen molar-refractivity contribution in [2.24, 2.45) is 11.8 Å². The summed E-state index contributed by atoms with van der Waals surface area (Å²) >= 11 is 5.99. The van der Waals surface area contributed by atoms with E-state index >= 15 is 0 Å². The van der Waals surface area contributed by atoms with Crippen molar-refractivity contribution in [2.75, 3.05) is 6.54 Å². The summed E-state index contributed by atoms with van der Waals surface area (Å²) in [6.07, 6.45) is 1.10. The molecule has 0 heterocycles. The average Bonchev–Trinajstić information content (AvgIpc) is 3.11. The molecule has 1 amide bonds. The molecule has 0 radical (unpaired) electrons. The number of rotatable bonds is 5. The molecule has 1 aromatic rings. The quantitative estimate of drug-likeness (QED) is 0.854. The number of carboxylic acid groups (broad SMARTS) is 1. The number of carbonyl (C=O) groups excluding carboxylic acids is 1. The van der Waals surface area contributed by atoms with Crippen LogP contribution < -0.4 is 5.32 Å². The maximum absolute atomic E-state index is 11.6. The molecule has 0 saturated heterocycles. The number of carboxylic acids is 1. The molecule has 96 valence electrons. The summed E-state index contributed by atoms with van der Waals surface area (Å²) in [6, 6.07) is 7.46. The molecule has 1 aromatic carbocycles. The molecule has 18 heavy (non-hydrogen) atoms.